The van der Waals surface area contributed by atoms with E-state index in [0.29, 0.717) is 62.6 Å². The van der Waals surface area contributed by atoms with E-state index in [1.54, 1.807) is 35.5 Å². The average Bonchev–Trinajstić information content (AvgIpc) is 2.68. The summed E-state index contributed by atoms with van der Waals surface area (Å²) in [5, 5.41) is 10.9. The minimum Gasteiger partial charge on any atom is -0.486 e. The molecule has 0 unspecified atom stereocenters. The standard InChI is InChI=1S/C20H22N2O4/c23-19(16-1-2-17-18(13-16)26-12-11-25-17)22-9-5-20(24,6-10-22)14-15-3-7-21-8-4-15/h1-4,7-8,13,24H,5-6,9-12,14H2. The summed E-state index contributed by atoms with van der Waals surface area (Å²) in [6.45, 7) is 2.10. The molecule has 0 radical (unpaired) electrons. The van der Waals surface area contributed by atoms with Crippen LogP contribution in [-0.2, 0) is 6.42 Å². The number of hydrogen-bond donors (Lipinski definition) is 1. The van der Waals surface area contributed by atoms with Crippen molar-refractivity contribution in [1.82, 2.24) is 9.88 Å². The molecule has 4 rings (SSSR count). The highest BCUT2D eigenvalue weighted by atomic mass is 16.6. The number of carbonyl (C=O) groups excluding carboxylic acids is 1. The molecule has 1 amide bonds. The van der Waals surface area contributed by atoms with Crippen molar-refractivity contribution in [3.05, 3.63) is 53.9 Å². The van der Waals surface area contributed by atoms with Gasteiger partial charge in [0.1, 0.15) is 13.2 Å². The van der Waals surface area contributed by atoms with Gasteiger partial charge in [0, 0.05) is 37.5 Å². The Morgan fingerprint density at radius 2 is 1.77 bits per heavy atom. The SMILES string of the molecule is O=C(c1ccc2c(c1)OCCO2)N1CCC(O)(Cc2ccncc2)CC1. The first-order valence-corrected chi connectivity index (χ1v) is 8.93. The Bertz CT molecular complexity index is 786. The van der Waals surface area contributed by atoms with Crippen LogP contribution < -0.4 is 9.47 Å². The van der Waals surface area contributed by atoms with Crippen LogP contribution >= 0.6 is 0 Å². The van der Waals surface area contributed by atoms with Crippen LogP contribution in [0, 0.1) is 0 Å². The molecule has 1 aromatic carbocycles. The van der Waals surface area contributed by atoms with E-state index in [4.69, 9.17) is 9.47 Å². The monoisotopic (exact) mass is 354 g/mol. The van der Waals surface area contributed by atoms with Crippen LogP contribution in [0.1, 0.15) is 28.8 Å². The summed E-state index contributed by atoms with van der Waals surface area (Å²) < 4.78 is 11.1. The van der Waals surface area contributed by atoms with Crippen molar-refractivity contribution in [3.63, 3.8) is 0 Å². The Morgan fingerprint density at radius 1 is 1.08 bits per heavy atom. The third-order valence-corrected chi connectivity index (χ3v) is 5.05. The van der Waals surface area contributed by atoms with Crippen LogP contribution in [0.15, 0.2) is 42.7 Å². The van der Waals surface area contributed by atoms with Crippen molar-refractivity contribution >= 4 is 5.91 Å². The topological polar surface area (TPSA) is 71.9 Å². The largest absolute Gasteiger partial charge is 0.486 e. The molecule has 0 aliphatic carbocycles. The Labute approximate surface area is 152 Å². The van der Waals surface area contributed by atoms with Crippen molar-refractivity contribution in [2.75, 3.05) is 26.3 Å². The predicted molar refractivity (Wildman–Crippen MR) is 95.5 cm³/mol. The minimum atomic E-state index is -0.773. The van der Waals surface area contributed by atoms with Crippen LogP contribution in [-0.4, -0.2) is 52.8 Å². The van der Waals surface area contributed by atoms with Gasteiger partial charge in [-0.05, 0) is 48.7 Å². The van der Waals surface area contributed by atoms with E-state index in [-0.39, 0.29) is 5.91 Å². The summed E-state index contributed by atoms with van der Waals surface area (Å²) >= 11 is 0. The lowest BCUT2D eigenvalue weighted by Gasteiger charge is -2.38. The lowest BCUT2D eigenvalue weighted by atomic mass is 9.85. The first-order valence-electron chi connectivity index (χ1n) is 8.93. The van der Waals surface area contributed by atoms with Crippen molar-refractivity contribution in [2.24, 2.45) is 0 Å². The summed E-state index contributed by atoms with van der Waals surface area (Å²) in [5.41, 5.74) is 0.883. The highest BCUT2D eigenvalue weighted by Crippen LogP contribution is 2.32. The lowest BCUT2D eigenvalue weighted by Crippen LogP contribution is -2.47. The van der Waals surface area contributed by atoms with E-state index in [9.17, 15) is 9.90 Å². The third kappa shape index (κ3) is 3.51. The van der Waals surface area contributed by atoms with Crippen LogP contribution in [0.3, 0.4) is 0 Å². The summed E-state index contributed by atoms with van der Waals surface area (Å²) in [4.78, 5) is 18.6. The Hall–Kier alpha value is -2.60. The van der Waals surface area contributed by atoms with Crippen LogP contribution in [0.25, 0.3) is 0 Å². The molecule has 0 atom stereocenters. The Balaban J connectivity index is 1.40. The number of likely N-dealkylation sites (tertiary alicyclic amines) is 1. The zero-order valence-electron chi connectivity index (χ0n) is 14.6. The van der Waals surface area contributed by atoms with Crippen molar-refractivity contribution < 1.29 is 19.4 Å². The molecule has 26 heavy (non-hydrogen) atoms. The maximum Gasteiger partial charge on any atom is 0.253 e. The fourth-order valence-electron chi connectivity index (χ4n) is 3.54. The smallest absolute Gasteiger partial charge is 0.253 e. The van der Waals surface area contributed by atoms with Gasteiger partial charge in [-0.3, -0.25) is 9.78 Å². The van der Waals surface area contributed by atoms with Crippen LogP contribution in [0.4, 0.5) is 0 Å². The number of carbonyl (C=O) groups is 1. The molecule has 0 spiro atoms. The molecule has 0 saturated carbocycles. The molecule has 0 bridgehead atoms. The maximum absolute atomic E-state index is 12.8. The van der Waals surface area contributed by atoms with Gasteiger partial charge >= 0.3 is 0 Å². The zero-order chi connectivity index (χ0) is 18.0. The van der Waals surface area contributed by atoms with Gasteiger partial charge in [-0.25, -0.2) is 0 Å². The molecule has 2 aliphatic heterocycles. The molecule has 6 heteroatoms. The molecule has 2 aliphatic rings. The Morgan fingerprint density at radius 3 is 2.50 bits per heavy atom. The second-order valence-corrected chi connectivity index (χ2v) is 6.91. The molecule has 1 saturated heterocycles. The number of ether oxygens (including phenoxy) is 2. The van der Waals surface area contributed by atoms with Crippen molar-refractivity contribution in [1.29, 1.82) is 0 Å². The highest BCUT2D eigenvalue weighted by molar-refractivity contribution is 5.95. The Kier molecular flexibility index (Phi) is 4.51. The molecule has 136 valence electrons. The number of piperidine rings is 1. The van der Waals surface area contributed by atoms with Crippen LogP contribution in [0.5, 0.6) is 11.5 Å². The summed E-state index contributed by atoms with van der Waals surface area (Å²) in [6, 6.07) is 9.14. The van der Waals surface area contributed by atoms with Gasteiger partial charge in [-0.2, -0.15) is 0 Å². The van der Waals surface area contributed by atoms with E-state index in [2.05, 4.69) is 4.98 Å². The van der Waals surface area contributed by atoms with Gasteiger partial charge in [0.2, 0.25) is 0 Å². The summed E-state index contributed by atoms with van der Waals surface area (Å²) in [6.07, 6.45) is 5.18. The number of nitrogens with zero attached hydrogens (tertiary/aromatic N) is 2. The van der Waals surface area contributed by atoms with Gasteiger partial charge in [-0.15, -0.1) is 0 Å². The maximum atomic E-state index is 12.8. The number of pyridine rings is 1. The first-order chi connectivity index (χ1) is 12.6. The molecule has 1 N–H and O–H groups in total. The fraction of sp³-hybridized carbons (Fsp3) is 0.400. The van der Waals surface area contributed by atoms with Gasteiger partial charge in [0.25, 0.3) is 5.91 Å². The number of aliphatic hydroxyl groups is 1. The summed E-state index contributed by atoms with van der Waals surface area (Å²) in [7, 11) is 0. The number of rotatable bonds is 3. The van der Waals surface area contributed by atoms with Crippen LogP contribution in [0.2, 0.25) is 0 Å². The quantitative estimate of drug-likeness (QED) is 0.914. The number of hydrogen-bond acceptors (Lipinski definition) is 5. The molecule has 2 aromatic rings. The van der Waals surface area contributed by atoms with E-state index in [1.165, 1.54) is 0 Å². The molecule has 1 aromatic heterocycles. The first kappa shape index (κ1) is 16.8. The van der Waals surface area contributed by atoms with Crippen molar-refractivity contribution in [3.8, 4) is 11.5 Å². The molecular formula is C20H22N2O4. The zero-order valence-corrected chi connectivity index (χ0v) is 14.6. The average molecular weight is 354 g/mol. The van der Waals surface area contributed by atoms with Gasteiger partial charge in [0.15, 0.2) is 11.5 Å². The minimum absolute atomic E-state index is 0.0343. The normalized spacial score (nSPS) is 18.4. The predicted octanol–water partition coefficient (Wildman–Crippen LogP) is 2.06. The number of fused-ring (bicyclic) bond motifs is 1. The molecule has 6 nitrogen and oxygen atoms in total. The van der Waals surface area contributed by atoms with E-state index >= 15 is 0 Å². The number of amides is 1. The number of benzene rings is 1. The molecule has 1 fully saturated rings. The third-order valence-electron chi connectivity index (χ3n) is 5.05. The number of aromatic nitrogens is 1. The molecular weight excluding hydrogens is 332 g/mol. The van der Waals surface area contributed by atoms with Gasteiger partial charge in [-0.1, -0.05) is 0 Å². The van der Waals surface area contributed by atoms with E-state index < -0.39 is 5.60 Å². The van der Waals surface area contributed by atoms with E-state index in [1.807, 2.05) is 12.1 Å². The van der Waals surface area contributed by atoms with Gasteiger partial charge < -0.3 is 19.5 Å². The lowest BCUT2D eigenvalue weighted by molar-refractivity contribution is -0.0162. The van der Waals surface area contributed by atoms with Gasteiger partial charge in [0.05, 0.1) is 5.60 Å². The fourth-order valence-corrected chi connectivity index (χ4v) is 3.54. The highest BCUT2D eigenvalue weighted by Gasteiger charge is 2.34. The molecule has 3 heterocycles. The summed E-state index contributed by atoms with van der Waals surface area (Å²) in [5.74, 6) is 1.26. The van der Waals surface area contributed by atoms with E-state index in [0.717, 1.165) is 5.56 Å². The second-order valence-electron chi connectivity index (χ2n) is 6.91. The second kappa shape index (κ2) is 6.96. The van der Waals surface area contributed by atoms with Crippen molar-refractivity contribution in [2.45, 2.75) is 24.9 Å².